The van der Waals surface area contributed by atoms with Crippen molar-refractivity contribution in [1.29, 1.82) is 0 Å². The van der Waals surface area contributed by atoms with Crippen molar-refractivity contribution in [2.45, 2.75) is 30.3 Å². The van der Waals surface area contributed by atoms with Gasteiger partial charge in [0.2, 0.25) is 0 Å². The van der Waals surface area contributed by atoms with Crippen LogP contribution < -0.4 is 5.73 Å². The van der Waals surface area contributed by atoms with E-state index >= 15 is 0 Å². The summed E-state index contributed by atoms with van der Waals surface area (Å²) >= 11 is 2.88. The Kier molecular flexibility index (Phi) is 11.6. The van der Waals surface area contributed by atoms with E-state index in [0.29, 0.717) is 43.4 Å². The molecule has 1 aromatic rings. The Balaban J connectivity index is 0.000000540. The van der Waals surface area contributed by atoms with E-state index in [9.17, 15) is 30.6 Å². The summed E-state index contributed by atoms with van der Waals surface area (Å²) in [5.74, 6) is -2.37. The zero-order valence-corrected chi connectivity index (χ0v) is 20.9. The van der Waals surface area contributed by atoms with Crippen LogP contribution in [0, 0.1) is 11.8 Å². The van der Waals surface area contributed by atoms with Crippen molar-refractivity contribution in [1.82, 2.24) is 13.6 Å². The van der Waals surface area contributed by atoms with E-state index in [2.05, 4.69) is 4.98 Å². The van der Waals surface area contributed by atoms with E-state index < -0.39 is 35.0 Å². The van der Waals surface area contributed by atoms with Crippen molar-refractivity contribution >= 4 is 40.7 Å². The fraction of sp³-hybridized carbons (Fsp3) is 0.684. The predicted octanol–water partition coefficient (Wildman–Crippen LogP) is 3.39. The molecule has 0 spiro atoms. The van der Waals surface area contributed by atoms with Crippen molar-refractivity contribution in [3.05, 3.63) is 23.9 Å². The molecule has 2 aliphatic rings. The highest BCUT2D eigenvalue weighted by Gasteiger charge is 2.45. The minimum absolute atomic E-state index is 0.00975. The molecular weight excluding hydrogens is 542 g/mol. The predicted molar refractivity (Wildman–Crippen MR) is 123 cm³/mol. The molecule has 3 N–H and O–H groups in total. The third-order valence-corrected chi connectivity index (χ3v) is 8.64. The number of carboxylic acids is 1. The summed E-state index contributed by atoms with van der Waals surface area (Å²) in [6.07, 6.45) is -7.44. The van der Waals surface area contributed by atoms with E-state index in [1.165, 1.54) is 23.9 Å². The molecule has 0 radical (unpaired) electrons. The lowest BCUT2D eigenvalue weighted by molar-refractivity contribution is -0.192. The van der Waals surface area contributed by atoms with Gasteiger partial charge in [-0.3, -0.25) is 4.21 Å². The van der Waals surface area contributed by atoms with Crippen molar-refractivity contribution in [3.8, 4) is 0 Å². The van der Waals surface area contributed by atoms with Gasteiger partial charge in [-0.15, -0.1) is 11.8 Å². The fourth-order valence-corrected chi connectivity index (χ4v) is 6.81. The van der Waals surface area contributed by atoms with Crippen molar-refractivity contribution < 1.29 is 40.5 Å². The minimum atomic E-state index is -5.08. The smallest absolute Gasteiger partial charge is 0.475 e. The minimum Gasteiger partial charge on any atom is -0.475 e. The van der Waals surface area contributed by atoms with Gasteiger partial charge in [-0.05, 0) is 30.0 Å². The highest BCUT2D eigenvalue weighted by Crippen LogP contribution is 2.39. The lowest BCUT2D eigenvalue weighted by Crippen LogP contribution is -2.46. The van der Waals surface area contributed by atoms with Gasteiger partial charge < -0.3 is 10.8 Å². The van der Waals surface area contributed by atoms with Crippen LogP contribution in [-0.2, 0) is 22.1 Å². The molecule has 0 aromatic carbocycles. The van der Waals surface area contributed by atoms with Crippen LogP contribution in [0.2, 0.25) is 0 Å². The molecule has 0 amide bonds. The third kappa shape index (κ3) is 10.8. The van der Waals surface area contributed by atoms with Crippen LogP contribution in [-0.4, -0.2) is 84.7 Å². The number of aliphatic carboxylic acids is 1. The lowest BCUT2D eigenvalue weighted by Gasteiger charge is -2.40. The number of thioether (sulfide) groups is 1. The number of aromatic nitrogens is 1. The molecule has 3 heterocycles. The first-order chi connectivity index (χ1) is 16.3. The van der Waals surface area contributed by atoms with Gasteiger partial charge in [0.25, 0.3) is 0 Å². The van der Waals surface area contributed by atoms with Crippen LogP contribution in [0.4, 0.5) is 26.3 Å². The molecule has 2 aliphatic heterocycles. The summed E-state index contributed by atoms with van der Waals surface area (Å²) in [7, 11) is -0.795. The summed E-state index contributed by atoms with van der Waals surface area (Å²) in [4.78, 5) is 13.2. The quantitative estimate of drug-likeness (QED) is 0.304. The highest BCUT2D eigenvalue weighted by atomic mass is 32.2. The molecule has 16 heteroatoms. The summed E-state index contributed by atoms with van der Waals surface area (Å²) in [5, 5.41) is 7.93. The number of rotatable bonds is 6. The van der Waals surface area contributed by atoms with Crippen LogP contribution in [0.5, 0.6) is 0 Å². The first-order valence-electron chi connectivity index (χ1n) is 10.5. The standard InChI is InChI=1S/C17H25F3N4OS3.C2HF3O2/c18-17(19,20)15-7-14(12-26-16-8-13(9-21)1-2-22-16)10-24(11-15)27-23-3-5-28(25)6-4-23;3-2(4,5)1(6)7/h1-2,8,14-15H,3-7,9-12,21H2;(H,6,7). The molecule has 0 aliphatic carbocycles. The first kappa shape index (κ1) is 30.2. The van der Waals surface area contributed by atoms with Crippen molar-refractivity contribution in [2.75, 3.05) is 43.4 Å². The Hall–Kier alpha value is -1.07. The van der Waals surface area contributed by atoms with Crippen LogP contribution in [0.1, 0.15) is 12.0 Å². The number of nitrogens with two attached hydrogens (primary N) is 1. The summed E-state index contributed by atoms with van der Waals surface area (Å²) in [6.45, 7) is 2.34. The van der Waals surface area contributed by atoms with Crippen LogP contribution in [0.25, 0.3) is 0 Å². The molecule has 1 aromatic heterocycles. The van der Waals surface area contributed by atoms with Gasteiger partial charge in [0.15, 0.2) is 0 Å². The van der Waals surface area contributed by atoms with Crippen molar-refractivity contribution in [3.63, 3.8) is 0 Å². The van der Waals surface area contributed by atoms with Gasteiger partial charge in [0, 0.05) is 79.1 Å². The largest absolute Gasteiger partial charge is 0.490 e. The summed E-state index contributed by atoms with van der Waals surface area (Å²) in [6, 6.07) is 3.74. The average Bonchev–Trinajstić information content (AvgIpc) is 2.78. The number of hydrogen-bond donors (Lipinski definition) is 2. The van der Waals surface area contributed by atoms with Gasteiger partial charge in [-0.1, -0.05) is 0 Å². The molecule has 0 saturated carbocycles. The maximum atomic E-state index is 13.5. The van der Waals surface area contributed by atoms with E-state index in [0.717, 1.165) is 10.6 Å². The second-order valence-corrected chi connectivity index (χ2v) is 11.8. The number of alkyl halides is 6. The normalized spacial score (nSPS) is 22.9. The lowest BCUT2D eigenvalue weighted by atomic mass is 9.91. The van der Waals surface area contributed by atoms with Gasteiger partial charge in [-0.25, -0.2) is 18.4 Å². The number of carbonyl (C=O) groups is 1. The highest BCUT2D eigenvalue weighted by molar-refractivity contribution is 7.99. The van der Waals surface area contributed by atoms with Gasteiger partial charge >= 0.3 is 18.3 Å². The molecule has 35 heavy (non-hydrogen) atoms. The van der Waals surface area contributed by atoms with Crippen LogP contribution in [0.3, 0.4) is 0 Å². The Morgan fingerprint density at radius 2 is 1.80 bits per heavy atom. The maximum Gasteiger partial charge on any atom is 0.490 e. The number of halogens is 6. The average molecular weight is 569 g/mol. The number of piperidine rings is 1. The Bertz CT molecular complexity index is 852. The molecule has 0 bridgehead atoms. The van der Waals surface area contributed by atoms with E-state index in [-0.39, 0.29) is 18.9 Å². The molecule has 3 rings (SSSR count). The van der Waals surface area contributed by atoms with Crippen molar-refractivity contribution in [2.24, 2.45) is 17.6 Å². The van der Waals surface area contributed by atoms with Crippen LogP contribution >= 0.6 is 23.9 Å². The second kappa shape index (κ2) is 13.5. The van der Waals surface area contributed by atoms with Gasteiger partial charge in [0.1, 0.15) is 0 Å². The monoisotopic (exact) mass is 568 g/mol. The SMILES string of the molecule is NCc1ccnc(SCC2CC(C(F)(F)F)CN(SN3CCS(=O)CC3)C2)c1.O=C(O)C(F)(F)F. The third-order valence-electron chi connectivity index (χ3n) is 5.08. The topological polar surface area (TPSA) is 99.8 Å². The maximum absolute atomic E-state index is 13.5. The fourth-order valence-electron chi connectivity index (χ4n) is 3.31. The number of pyridine rings is 1. The summed E-state index contributed by atoms with van der Waals surface area (Å²) < 4.78 is 87.5. The molecule has 2 unspecified atom stereocenters. The van der Waals surface area contributed by atoms with Crippen LogP contribution in [0.15, 0.2) is 23.4 Å². The van der Waals surface area contributed by atoms with Gasteiger partial charge in [0.05, 0.1) is 10.9 Å². The summed E-state index contributed by atoms with van der Waals surface area (Å²) in [5.41, 5.74) is 6.61. The van der Waals surface area contributed by atoms with Gasteiger partial charge in [-0.2, -0.15) is 26.3 Å². The van der Waals surface area contributed by atoms with E-state index in [1.54, 1.807) is 6.20 Å². The Labute approximate surface area is 209 Å². The zero-order valence-electron chi connectivity index (χ0n) is 18.4. The van der Waals surface area contributed by atoms with E-state index in [4.69, 9.17) is 15.6 Å². The molecule has 200 valence electrons. The molecule has 2 fully saturated rings. The van der Waals surface area contributed by atoms with E-state index in [1.807, 2.05) is 20.7 Å². The molecule has 7 nitrogen and oxygen atoms in total. The first-order valence-corrected chi connectivity index (χ1v) is 13.7. The molecular formula is C19H26F6N4O3S3. The second-order valence-electron chi connectivity index (χ2n) is 7.87. The molecule has 2 atom stereocenters. The number of nitrogens with zero attached hydrogens (tertiary/aromatic N) is 3. The number of carboxylic acid groups (broad SMARTS) is 1. The zero-order chi connectivity index (χ0) is 26.2. The Morgan fingerprint density at radius 3 is 2.34 bits per heavy atom. The molecule has 2 saturated heterocycles. The Morgan fingerprint density at radius 1 is 1.17 bits per heavy atom. The number of hydrogen-bond acceptors (Lipinski definition) is 8.